The number of nitrogens with zero attached hydrogens (tertiary/aromatic N) is 2. The predicted octanol–water partition coefficient (Wildman–Crippen LogP) is 0.439. The van der Waals surface area contributed by atoms with Crippen molar-refractivity contribution in [3.05, 3.63) is 42.1 Å². The fraction of sp³-hybridized carbons (Fsp3) is 0.100. The summed E-state index contributed by atoms with van der Waals surface area (Å²) in [6, 6.07) is 10.3. The Labute approximate surface area is 78.6 Å². The Balaban J connectivity index is 2.47. The molecule has 0 aliphatic heterocycles. The van der Waals surface area contributed by atoms with Gasteiger partial charge in [0.1, 0.15) is 0 Å². The van der Waals surface area contributed by atoms with E-state index < -0.39 is 0 Å². The summed E-state index contributed by atoms with van der Waals surface area (Å²) < 4.78 is 1.93. The number of hydrogen-bond acceptors (Lipinski definition) is 1. The summed E-state index contributed by atoms with van der Waals surface area (Å²) in [6.07, 6.45) is 1.81. The summed E-state index contributed by atoms with van der Waals surface area (Å²) >= 11 is 0. The van der Waals surface area contributed by atoms with Crippen molar-refractivity contribution in [3.8, 4) is 5.69 Å². The van der Waals surface area contributed by atoms with Crippen LogP contribution in [0.3, 0.4) is 0 Å². The van der Waals surface area contributed by atoms with Gasteiger partial charge in [-0.25, -0.2) is 4.68 Å². The Hall–Kier alpha value is -1.51. The zero-order valence-electron chi connectivity index (χ0n) is 7.86. The van der Waals surface area contributed by atoms with E-state index in [4.69, 9.17) is 0 Å². The van der Waals surface area contributed by atoms with E-state index >= 15 is 0 Å². The first-order valence-electron chi connectivity index (χ1n) is 4.35. The third-order valence-electron chi connectivity index (χ3n) is 2.11. The van der Waals surface area contributed by atoms with Crippen molar-refractivity contribution in [2.45, 2.75) is 6.92 Å². The van der Waals surface area contributed by atoms with Gasteiger partial charge in [0.05, 0.1) is 5.69 Å². The number of benzene rings is 1. The molecule has 0 fully saturated rings. The number of hydrogen-bond donors (Lipinski definition) is 0. The van der Waals surface area contributed by atoms with Crippen molar-refractivity contribution < 1.29 is 0 Å². The lowest BCUT2D eigenvalue weighted by molar-refractivity contribution is 0.903. The third kappa shape index (κ3) is 1.50. The minimum atomic E-state index is 1.12. The van der Waals surface area contributed by atoms with Crippen molar-refractivity contribution in [2.75, 3.05) is 0 Å². The summed E-state index contributed by atoms with van der Waals surface area (Å²) in [7, 11) is 2.05. The van der Waals surface area contributed by atoms with E-state index in [1.54, 1.807) is 0 Å². The van der Waals surface area contributed by atoms with Gasteiger partial charge in [-0.1, -0.05) is 17.7 Å². The second-order valence-corrected chi connectivity index (χ2v) is 3.22. The van der Waals surface area contributed by atoms with E-state index in [0.717, 1.165) is 11.3 Å². The number of aromatic nitrogens is 2. The maximum absolute atomic E-state index is 4.23. The molecule has 0 aliphatic rings. The van der Waals surface area contributed by atoms with Gasteiger partial charge in [0.15, 0.2) is 7.85 Å². The molecule has 0 aliphatic carbocycles. The molecule has 0 saturated heterocycles. The molecule has 0 spiro atoms. The quantitative estimate of drug-likeness (QED) is 0.567. The van der Waals surface area contributed by atoms with E-state index in [1.807, 2.05) is 24.8 Å². The van der Waals surface area contributed by atoms with Crippen molar-refractivity contribution in [1.29, 1.82) is 0 Å². The second kappa shape index (κ2) is 3.09. The van der Waals surface area contributed by atoms with E-state index in [9.17, 15) is 0 Å². The predicted molar refractivity (Wildman–Crippen MR) is 56.5 cm³/mol. The van der Waals surface area contributed by atoms with Gasteiger partial charge >= 0.3 is 0 Å². The van der Waals surface area contributed by atoms with E-state index in [0.29, 0.717) is 0 Å². The summed E-state index contributed by atoms with van der Waals surface area (Å²) in [4.78, 5) is 0. The fourth-order valence-corrected chi connectivity index (χ4v) is 1.33. The summed E-state index contributed by atoms with van der Waals surface area (Å²) in [5.41, 5.74) is 3.55. The van der Waals surface area contributed by atoms with Crippen LogP contribution in [0.5, 0.6) is 0 Å². The number of rotatable bonds is 1. The molecule has 3 heteroatoms. The highest BCUT2D eigenvalue weighted by molar-refractivity contribution is 6.31. The molecular weight excluding hydrogens is 159 g/mol. The topological polar surface area (TPSA) is 17.8 Å². The van der Waals surface area contributed by atoms with Crippen molar-refractivity contribution >= 4 is 13.4 Å². The fourth-order valence-electron chi connectivity index (χ4n) is 1.33. The molecule has 0 amide bonds. The first kappa shape index (κ1) is 8.11. The average Bonchev–Trinajstić information content (AvgIpc) is 2.53. The maximum atomic E-state index is 4.23. The largest absolute Gasteiger partial charge is 0.248 e. The van der Waals surface area contributed by atoms with Crippen molar-refractivity contribution in [2.24, 2.45) is 0 Å². The maximum Gasteiger partial charge on any atom is 0.164 e. The monoisotopic (exact) mass is 170 g/mol. The molecule has 0 saturated carbocycles. The highest BCUT2D eigenvalue weighted by Gasteiger charge is 1.98. The molecular formula is C10H11BN2. The lowest BCUT2D eigenvalue weighted by Gasteiger charge is -2.03. The highest BCUT2D eigenvalue weighted by Crippen LogP contribution is 2.05. The van der Waals surface area contributed by atoms with E-state index in [1.165, 1.54) is 5.56 Å². The molecule has 2 nitrogen and oxygen atoms in total. The van der Waals surface area contributed by atoms with E-state index in [2.05, 4.69) is 36.3 Å². The molecule has 1 aromatic heterocycles. The van der Waals surface area contributed by atoms with Crippen LogP contribution in [0.25, 0.3) is 5.69 Å². The Morgan fingerprint density at radius 3 is 2.38 bits per heavy atom. The van der Waals surface area contributed by atoms with Crippen LogP contribution in [-0.2, 0) is 0 Å². The first-order valence-corrected chi connectivity index (χ1v) is 4.35. The Morgan fingerprint density at radius 1 is 1.15 bits per heavy atom. The van der Waals surface area contributed by atoms with Gasteiger partial charge in [-0.05, 0) is 30.7 Å². The van der Waals surface area contributed by atoms with Gasteiger partial charge in [0.25, 0.3) is 0 Å². The highest BCUT2D eigenvalue weighted by atomic mass is 15.3. The van der Waals surface area contributed by atoms with Gasteiger partial charge in [-0.2, -0.15) is 5.10 Å². The van der Waals surface area contributed by atoms with Gasteiger partial charge in [0.2, 0.25) is 0 Å². The second-order valence-electron chi connectivity index (χ2n) is 3.22. The van der Waals surface area contributed by atoms with Crippen molar-refractivity contribution in [3.63, 3.8) is 0 Å². The lowest BCUT2D eigenvalue weighted by atomic mass is 10.1. The molecule has 64 valence electrons. The number of aryl methyl sites for hydroxylation is 1. The minimum Gasteiger partial charge on any atom is -0.248 e. The molecule has 2 aromatic rings. The zero-order valence-corrected chi connectivity index (χ0v) is 7.86. The smallest absolute Gasteiger partial charge is 0.164 e. The van der Waals surface area contributed by atoms with E-state index in [-0.39, 0.29) is 0 Å². The molecule has 13 heavy (non-hydrogen) atoms. The molecule has 0 unspecified atom stereocenters. The SMILES string of the molecule is Bc1ccnn1-c1ccc(C)cc1. The van der Waals surface area contributed by atoms with Crippen molar-refractivity contribution in [1.82, 2.24) is 9.78 Å². The normalized spacial score (nSPS) is 10.2. The summed E-state index contributed by atoms with van der Waals surface area (Å²) in [5, 5.41) is 4.23. The van der Waals surface area contributed by atoms with Crippen LogP contribution in [0, 0.1) is 6.92 Å². The minimum absolute atomic E-state index is 1.12. The Bertz CT molecular complexity index is 403. The molecule has 0 N–H and O–H groups in total. The Morgan fingerprint density at radius 2 is 1.85 bits per heavy atom. The van der Waals surface area contributed by atoms with Crippen LogP contribution < -0.4 is 5.59 Å². The standard InChI is InChI=1S/C10H11BN2/c1-8-2-4-9(5-3-8)13-10(11)6-7-12-13/h2-7H,11H2,1H3. The van der Waals surface area contributed by atoms with Gasteiger partial charge in [-0.15, -0.1) is 0 Å². The molecule has 1 aromatic carbocycles. The van der Waals surface area contributed by atoms with Gasteiger partial charge < -0.3 is 0 Å². The summed E-state index contributed by atoms with van der Waals surface area (Å²) in [6.45, 7) is 2.08. The summed E-state index contributed by atoms with van der Waals surface area (Å²) in [5.74, 6) is 0. The Kier molecular flexibility index (Phi) is 1.93. The first-order chi connectivity index (χ1) is 6.27. The van der Waals surface area contributed by atoms with Gasteiger partial charge in [0, 0.05) is 6.20 Å². The molecule has 0 radical (unpaired) electrons. The van der Waals surface area contributed by atoms with Crippen LogP contribution >= 0.6 is 0 Å². The van der Waals surface area contributed by atoms with Crippen LogP contribution in [0.2, 0.25) is 0 Å². The molecule has 1 heterocycles. The third-order valence-corrected chi connectivity index (χ3v) is 2.11. The van der Waals surface area contributed by atoms with Crippen LogP contribution in [0.1, 0.15) is 5.56 Å². The molecule has 0 bridgehead atoms. The zero-order chi connectivity index (χ0) is 9.26. The van der Waals surface area contributed by atoms with Crippen LogP contribution in [-0.4, -0.2) is 17.6 Å². The van der Waals surface area contributed by atoms with Gasteiger partial charge in [-0.3, -0.25) is 0 Å². The lowest BCUT2D eigenvalue weighted by Crippen LogP contribution is -2.15. The van der Waals surface area contributed by atoms with Crippen LogP contribution in [0.15, 0.2) is 36.5 Å². The molecule has 0 atom stereocenters. The van der Waals surface area contributed by atoms with Crippen LogP contribution in [0.4, 0.5) is 0 Å². The molecule has 2 rings (SSSR count). The average molecular weight is 170 g/mol.